The SMILES string of the molecule is COc1c(-c2c(Cl)cccc2Cl)cc(F)cc1[C@@H](C#N)C(C)CS(=O)(=O)O. The summed E-state index contributed by atoms with van der Waals surface area (Å²) in [7, 11) is -2.98. The minimum atomic E-state index is -4.32. The maximum atomic E-state index is 14.4. The summed E-state index contributed by atoms with van der Waals surface area (Å²) in [5.41, 5.74) is 0.710. The van der Waals surface area contributed by atoms with E-state index in [0.29, 0.717) is 5.56 Å². The maximum Gasteiger partial charge on any atom is 0.265 e. The lowest BCUT2D eigenvalue weighted by Crippen LogP contribution is -2.19. The highest BCUT2D eigenvalue weighted by atomic mass is 35.5. The topological polar surface area (TPSA) is 87.4 Å². The Morgan fingerprint density at radius 1 is 1.30 bits per heavy atom. The molecular weight excluding hydrogens is 416 g/mol. The minimum Gasteiger partial charge on any atom is -0.496 e. The fourth-order valence-corrected chi connectivity index (χ4v) is 4.40. The van der Waals surface area contributed by atoms with Gasteiger partial charge in [0.05, 0.1) is 34.9 Å². The van der Waals surface area contributed by atoms with Crippen LogP contribution in [0.25, 0.3) is 11.1 Å². The van der Waals surface area contributed by atoms with Gasteiger partial charge in [-0.2, -0.15) is 13.7 Å². The molecule has 0 heterocycles. The van der Waals surface area contributed by atoms with Crippen molar-refractivity contribution in [3.05, 3.63) is 51.8 Å². The number of methoxy groups -OCH3 is 1. The lowest BCUT2D eigenvalue weighted by atomic mass is 9.86. The van der Waals surface area contributed by atoms with Crippen LogP contribution in [0.1, 0.15) is 18.4 Å². The van der Waals surface area contributed by atoms with Crippen molar-refractivity contribution in [3.63, 3.8) is 0 Å². The molecule has 0 spiro atoms. The fraction of sp³-hybridized carbons (Fsp3) is 0.278. The molecule has 0 aromatic heterocycles. The molecule has 1 N–H and O–H groups in total. The smallest absolute Gasteiger partial charge is 0.265 e. The Morgan fingerprint density at radius 3 is 2.37 bits per heavy atom. The summed E-state index contributed by atoms with van der Waals surface area (Å²) in [6.45, 7) is 1.47. The van der Waals surface area contributed by atoms with Gasteiger partial charge in [-0.25, -0.2) is 4.39 Å². The molecule has 144 valence electrons. The molecule has 9 heteroatoms. The van der Waals surface area contributed by atoms with E-state index < -0.39 is 33.5 Å². The second-order valence-electron chi connectivity index (χ2n) is 6.01. The van der Waals surface area contributed by atoms with Crippen molar-refractivity contribution in [2.45, 2.75) is 12.8 Å². The Balaban J connectivity index is 2.72. The van der Waals surface area contributed by atoms with Crippen LogP contribution in [0, 0.1) is 23.1 Å². The number of rotatable bonds is 6. The first-order valence-corrected chi connectivity index (χ1v) is 10.1. The van der Waals surface area contributed by atoms with Crippen molar-refractivity contribution in [2.75, 3.05) is 12.9 Å². The number of hydrogen-bond acceptors (Lipinski definition) is 4. The Bertz CT molecular complexity index is 985. The van der Waals surface area contributed by atoms with Crippen LogP contribution in [0.4, 0.5) is 4.39 Å². The number of benzene rings is 2. The zero-order chi connectivity index (χ0) is 20.4. The van der Waals surface area contributed by atoms with Crippen LogP contribution in [0.15, 0.2) is 30.3 Å². The van der Waals surface area contributed by atoms with Crippen molar-refractivity contribution < 1.29 is 22.1 Å². The van der Waals surface area contributed by atoms with Gasteiger partial charge >= 0.3 is 0 Å². The molecule has 1 unspecified atom stereocenters. The molecule has 2 aromatic carbocycles. The Labute approximate surface area is 167 Å². The molecule has 0 saturated heterocycles. The third-order valence-corrected chi connectivity index (χ3v) is 5.61. The molecule has 0 fully saturated rings. The predicted octanol–water partition coefficient (Wildman–Crippen LogP) is 4.94. The molecule has 0 aliphatic heterocycles. The first-order chi connectivity index (χ1) is 12.6. The minimum absolute atomic E-state index is 0.141. The van der Waals surface area contributed by atoms with E-state index in [2.05, 4.69) is 0 Å². The van der Waals surface area contributed by atoms with Crippen LogP contribution < -0.4 is 4.74 Å². The van der Waals surface area contributed by atoms with Gasteiger partial charge in [-0.05, 0) is 30.2 Å². The Kier molecular flexibility index (Phi) is 6.71. The van der Waals surface area contributed by atoms with Gasteiger partial charge in [0.15, 0.2) is 0 Å². The molecule has 2 atom stereocenters. The lowest BCUT2D eigenvalue weighted by molar-refractivity contribution is 0.402. The zero-order valence-electron chi connectivity index (χ0n) is 14.4. The number of nitriles is 1. The van der Waals surface area contributed by atoms with Gasteiger partial charge in [-0.1, -0.05) is 36.2 Å². The number of hydrogen-bond donors (Lipinski definition) is 1. The summed E-state index contributed by atoms with van der Waals surface area (Å²) >= 11 is 12.4. The third-order valence-electron chi connectivity index (χ3n) is 4.04. The van der Waals surface area contributed by atoms with E-state index in [1.807, 2.05) is 6.07 Å². The van der Waals surface area contributed by atoms with E-state index in [1.54, 1.807) is 18.2 Å². The van der Waals surface area contributed by atoms with Crippen molar-refractivity contribution in [1.29, 1.82) is 5.26 Å². The molecule has 2 rings (SSSR count). The van der Waals surface area contributed by atoms with Gasteiger partial charge in [0.2, 0.25) is 0 Å². The fourth-order valence-electron chi connectivity index (χ4n) is 2.95. The van der Waals surface area contributed by atoms with Crippen LogP contribution in [-0.4, -0.2) is 25.8 Å². The van der Waals surface area contributed by atoms with Gasteiger partial charge in [-0.3, -0.25) is 4.55 Å². The summed E-state index contributed by atoms with van der Waals surface area (Å²) in [4.78, 5) is 0. The van der Waals surface area contributed by atoms with E-state index in [1.165, 1.54) is 20.1 Å². The van der Waals surface area contributed by atoms with Crippen LogP contribution >= 0.6 is 23.2 Å². The van der Waals surface area contributed by atoms with Crippen molar-refractivity contribution >= 4 is 33.3 Å². The quantitative estimate of drug-likeness (QED) is 0.654. The summed E-state index contributed by atoms with van der Waals surface area (Å²) in [5, 5.41) is 10.1. The van der Waals surface area contributed by atoms with Crippen molar-refractivity contribution in [3.8, 4) is 22.9 Å². The third kappa shape index (κ3) is 4.90. The Hall–Kier alpha value is -1.85. The van der Waals surface area contributed by atoms with Gasteiger partial charge < -0.3 is 4.74 Å². The number of halogens is 3. The molecule has 0 amide bonds. The molecule has 0 aliphatic rings. The highest BCUT2D eigenvalue weighted by Crippen LogP contribution is 2.44. The first kappa shape index (κ1) is 21.5. The van der Waals surface area contributed by atoms with E-state index in [9.17, 15) is 18.1 Å². The highest BCUT2D eigenvalue weighted by Gasteiger charge is 2.29. The highest BCUT2D eigenvalue weighted by molar-refractivity contribution is 7.85. The average molecular weight is 432 g/mol. The maximum absolute atomic E-state index is 14.4. The van der Waals surface area contributed by atoms with E-state index in [4.69, 9.17) is 32.5 Å². The Morgan fingerprint density at radius 2 is 1.89 bits per heavy atom. The van der Waals surface area contributed by atoms with Crippen LogP contribution in [0.3, 0.4) is 0 Å². The van der Waals surface area contributed by atoms with Crippen molar-refractivity contribution in [1.82, 2.24) is 0 Å². The predicted molar refractivity (Wildman–Crippen MR) is 102 cm³/mol. The second kappa shape index (κ2) is 8.44. The molecular formula is C18H16Cl2FNO4S. The van der Waals surface area contributed by atoms with E-state index in [0.717, 1.165) is 6.07 Å². The van der Waals surface area contributed by atoms with Crippen LogP contribution in [0.2, 0.25) is 10.0 Å². The molecule has 2 aromatic rings. The second-order valence-corrected chi connectivity index (χ2v) is 8.32. The number of nitrogens with zero attached hydrogens (tertiary/aromatic N) is 1. The number of ether oxygens (including phenoxy) is 1. The average Bonchev–Trinajstić information content (AvgIpc) is 2.53. The van der Waals surface area contributed by atoms with Crippen molar-refractivity contribution in [2.24, 2.45) is 5.92 Å². The normalized spacial score (nSPS) is 13.7. The summed E-state index contributed by atoms with van der Waals surface area (Å²) in [6.07, 6.45) is 0. The zero-order valence-corrected chi connectivity index (χ0v) is 16.7. The van der Waals surface area contributed by atoms with Gasteiger partial charge in [0.25, 0.3) is 10.1 Å². The molecule has 27 heavy (non-hydrogen) atoms. The largest absolute Gasteiger partial charge is 0.496 e. The van der Waals surface area contributed by atoms with E-state index in [-0.39, 0.29) is 26.9 Å². The standard InChI is InChI=1S/C18H16Cl2FNO4S/c1-10(9-27(23,24)25)14(8-22)12-6-11(21)7-13(18(12)26-2)17-15(19)4-3-5-16(17)20/h3-7,10,14H,9H2,1-2H3,(H,23,24,25)/t10?,14-/m0/s1. The lowest BCUT2D eigenvalue weighted by Gasteiger charge is -2.22. The molecule has 0 radical (unpaired) electrons. The summed E-state index contributed by atoms with van der Waals surface area (Å²) in [6, 6.07) is 9.03. The summed E-state index contributed by atoms with van der Waals surface area (Å²) < 4.78 is 51.3. The van der Waals surface area contributed by atoms with Gasteiger partial charge in [-0.15, -0.1) is 0 Å². The molecule has 5 nitrogen and oxygen atoms in total. The molecule has 0 aliphatic carbocycles. The monoisotopic (exact) mass is 431 g/mol. The van der Waals surface area contributed by atoms with Crippen LogP contribution in [-0.2, 0) is 10.1 Å². The van der Waals surface area contributed by atoms with E-state index >= 15 is 0 Å². The molecule has 0 saturated carbocycles. The van der Waals surface area contributed by atoms with Gasteiger partial charge in [0.1, 0.15) is 11.6 Å². The molecule has 0 bridgehead atoms. The van der Waals surface area contributed by atoms with Crippen LogP contribution in [0.5, 0.6) is 5.75 Å². The van der Waals surface area contributed by atoms with Gasteiger partial charge in [0, 0.05) is 16.7 Å². The summed E-state index contributed by atoms with van der Waals surface area (Å²) in [5.74, 6) is -3.06. The first-order valence-electron chi connectivity index (χ1n) is 7.75.